The molecule has 0 atom stereocenters. The first-order valence-electron chi connectivity index (χ1n) is 10.9. The zero-order chi connectivity index (χ0) is 20.9. The van der Waals surface area contributed by atoms with E-state index in [0.29, 0.717) is 11.3 Å². The molecule has 1 aromatic carbocycles. The lowest BCUT2D eigenvalue weighted by Crippen LogP contribution is -2.32. The normalized spacial score (nSPS) is 16.9. The van der Waals surface area contributed by atoms with Crippen LogP contribution in [0.15, 0.2) is 44.1 Å². The number of fused-ring (bicyclic) bond motifs is 3. The highest BCUT2D eigenvalue weighted by Gasteiger charge is 2.20. The van der Waals surface area contributed by atoms with Crippen LogP contribution < -0.4 is 5.63 Å². The van der Waals surface area contributed by atoms with E-state index in [0.717, 1.165) is 66.5 Å². The maximum Gasteiger partial charge on any atom is 0.336 e. The molecule has 158 valence electrons. The summed E-state index contributed by atoms with van der Waals surface area (Å²) in [6.07, 6.45) is 5.25. The fourth-order valence-corrected chi connectivity index (χ4v) is 5.87. The SMILES string of the molecule is Cc1ncc(CN2CCSCC2)c2cc(-c3cc(=O)oc4cc5c(cc34)CCC5)oc12. The van der Waals surface area contributed by atoms with E-state index >= 15 is 0 Å². The molecule has 1 fully saturated rings. The van der Waals surface area contributed by atoms with Gasteiger partial charge in [-0.15, -0.1) is 0 Å². The highest BCUT2D eigenvalue weighted by molar-refractivity contribution is 7.99. The quantitative estimate of drug-likeness (QED) is 0.427. The van der Waals surface area contributed by atoms with Crippen molar-refractivity contribution in [1.82, 2.24) is 9.88 Å². The largest absolute Gasteiger partial charge is 0.454 e. The molecule has 0 unspecified atom stereocenters. The predicted octanol–water partition coefficient (Wildman–Crippen LogP) is 4.95. The molecule has 4 aromatic rings. The molecular formula is C25H24N2O3S. The first-order valence-corrected chi connectivity index (χ1v) is 12.1. The first-order chi connectivity index (χ1) is 15.2. The van der Waals surface area contributed by atoms with Gasteiger partial charge in [-0.05, 0) is 61.1 Å². The van der Waals surface area contributed by atoms with Gasteiger partial charge in [0.05, 0.1) is 5.69 Å². The van der Waals surface area contributed by atoms with Crippen LogP contribution in [0.5, 0.6) is 0 Å². The zero-order valence-electron chi connectivity index (χ0n) is 17.6. The van der Waals surface area contributed by atoms with Gasteiger partial charge in [-0.3, -0.25) is 9.88 Å². The Morgan fingerprint density at radius 2 is 1.84 bits per heavy atom. The van der Waals surface area contributed by atoms with Crippen molar-refractivity contribution in [3.8, 4) is 11.3 Å². The second kappa shape index (κ2) is 7.53. The minimum atomic E-state index is -0.346. The number of thioether (sulfide) groups is 1. The highest BCUT2D eigenvalue weighted by Crippen LogP contribution is 2.36. The van der Waals surface area contributed by atoms with E-state index in [9.17, 15) is 4.79 Å². The second-order valence-electron chi connectivity index (χ2n) is 8.56. The van der Waals surface area contributed by atoms with Gasteiger partial charge in [-0.1, -0.05) is 0 Å². The third kappa shape index (κ3) is 3.38. The van der Waals surface area contributed by atoms with Crippen LogP contribution in [-0.4, -0.2) is 34.5 Å². The van der Waals surface area contributed by atoms with E-state index in [-0.39, 0.29) is 5.63 Å². The standard InChI is InChI=1S/C25H24N2O3S/c1-15-25-19(18(13-26-15)14-27-5-7-31-8-6-27)11-23(30-25)21-12-24(28)29-22-10-17-4-2-3-16(17)9-20(21)22/h9-13H,2-8,14H2,1H3. The van der Waals surface area contributed by atoms with Crippen molar-refractivity contribution in [1.29, 1.82) is 0 Å². The number of furan rings is 1. The van der Waals surface area contributed by atoms with Crippen molar-refractivity contribution in [2.75, 3.05) is 24.6 Å². The lowest BCUT2D eigenvalue weighted by Gasteiger charge is -2.26. The van der Waals surface area contributed by atoms with Crippen LogP contribution in [-0.2, 0) is 19.4 Å². The fourth-order valence-electron chi connectivity index (χ4n) is 4.89. The van der Waals surface area contributed by atoms with Crippen molar-refractivity contribution in [2.45, 2.75) is 32.7 Å². The van der Waals surface area contributed by atoms with E-state index in [4.69, 9.17) is 8.83 Å². The van der Waals surface area contributed by atoms with E-state index in [1.54, 1.807) is 6.07 Å². The molecule has 0 N–H and O–H groups in total. The van der Waals surface area contributed by atoms with Crippen molar-refractivity contribution in [2.24, 2.45) is 0 Å². The molecule has 6 heteroatoms. The van der Waals surface area contributed by atoms with Crippen molar-refractivity contribution in [3.05, 3.63) is 63.3 Å². The summed E-state index contributed by atoms with van der Waals surface area (Å²) in [5, 5.41) is 2.03. The molecule has 0 saturated carbocycles. The molecule has 31 heavy (non-hydrogen) atoms. The van der Waals surface area contributed by atoms with Crippen molar-refractivity contribution < 1.29 is 8.83 Å². The summed E-state index contributed by atoms with van der Waals surface area (Å²) in [5.74, 6) is 3.06. The first kappa shape index (κ1) is 19.1. The second-order valence-corrected chi connectivity index (χ2v) is 9.79. The van der Waals surface area contributed by atoms with Gasteiger partial charge < -0.3 is 8.83 Å². The zero-order valence-corrected chi connectivity index (χ0v) is 18.4. The van der Waals surface area contributed by atoms with Crippen LogP contribution in [0.1, 0.15) is 28.8 Å². The number of nitrogens with zero attached hydrogens (tertiary/aromatic N) is 2. The predicted molar refractivity (Wildman–Crippen MR) is 125 cm³/mol. The molecule has 4 heterocycles. The van der Waals surface area contributed by atoms with Crippen LogP contribution in [0.2, 0.25) is 0 Å². The number of aromatic nitrogens is 1. The van der Waals surface area contributed by atoms with E-state index in [1.165, 1.54) is 28.2 Å². The maximum absolute atomic E-state index is 12.4. The van der Waals surface area contributed by atoms with Gasteiger partial charge in [-0.25, -0.2) is 4.79 Å². The maximum atomic E-state index is 12.4. The Hall–Kier alpha value is -2.57. The fraction of sp³-hybridized carbons (Fsp3) is 0.360. The van der Waals surface area contributed by atoms with Crippen LogP contribution in [0.4, 0.5) is 0 Å². The Morgan fingerprint density at radius 1 is 1.03 bits per heavy atom. The molecule has 0 spiro atoms. The monoisotopic (exact) mass is 432 g/mol. The van der Waals surface area contributed by atoms with E-state index < -0.39 is 0 Å². The molecule has 5 nitrogen and oxygen atoms in total. The van der Waals surface area contributed by atoms with Gasteiger partial charge >= 0.3 is 5.63 Å². The molecule has 0 radical (unpaired) electrons. The molecular weight excluding hydrogens is 408 g/mol. The topological polar surface area (TPSA) is 59.5 Å². The number of benzene rings is 1. The summed E-state index contributed by atoms with van der Waals surface area (Å²) in [6.45, 7) is 5.04. The van der Waals surface area contributed by atoms with Crippen LogP contribution in [0.3, 0.4) is 0 Å². The lowest BCUT2D eigenvalue weighted by atomic mass is 10.0. The third-order valence-electron chi connectivity index (χ3n) is 6.54. The van der Waals surface area contributed by atoms with E-state index in [1.807, 2.05) is 30.9 Å². The van der Waals surface area contributed by atoms with Crippen LogP contribution in [0, 0.1) is 6.92 Å². The summed E-state index contributed by atoms with van der Waals surface area (Å²) in [5.41, 5.74) is 6.59. The van der Waals surface area contributed by atoms with Gasteiger partial charge in [0.2, 0.25) is 0 Å². The summed E-state index contributed by atoms with van der Waals surface area (Å²) >= 11 is 2.01. The number of hydrogen-bond donors (Lipinski definition) is 0. The molecule has 0 bridgehead atoms. The molecule has 6 rings (SSSR count). The Labute approximate surface area is 184 Å². The summed E-state index contributed by atoms with van der Waals surface area (Å²) < 4.78 is 11.9. The van der Waals surface area contributed by atoms with Crippen LogP contribution in [0.25, 0.3) is 33.3 Å². The Balaban J connectivity index is 1.50. The van der Waals surface area contributed by atoms with Gasteiger partial charge in [-0.2, -0.15) is 11.8 Å². The third-order valence-corrected chi connectivity index (χ3v) is 7.48. The lowest BCUT2D eigenvalue weighted by molar-refractivity contribution is 0.295. The molecule has 1 aliphatic carbocycles. The summed E-state index contributed by atoms with van der Waals surface area (Å²) in [7, 11) is 0. The highest BCUT2D eigenvalue weighted by atomic mass is 32.2. The minimum Gasteiger partial charge on any atom is -0.454 e. The minimum absolute atomic E-state index is 0.346. The molecule has 1 saturated heterocycles. The Bertz CT molecular complexity index is 1360. The van der Waals surface area contributed by atoms with Crippen molar-refractivity contribution in [3.63, 3.8) is 0 Å². The smallest absolute Gasteiger partial charge is 0.336 e. The average Bonchev–Trinajstić information content (AvgIpc) is 3.42. The molecule has 1 aliphatic heterocycles. The van der Waals surface area contributed by atoms with E-state index in [2.05, 4.69) is 22.0 Å². The van der Waals surface area contributed by atoms with Gasteiger partial charge in [0.15, 0.2) is 5.58 Å². The molecule has 3 aromatic heterocycles. The van der Waals surface area contributed by atoms with Crippen LogP contribution >= 0.6 is 11.8 Å². The van der Waals surface area contributed by atoms with Gasteiger partial charge in [0, 0.05) is 59.7 Å². The Kier molecular flexibility index (Phi) is 4.65. The van der Waals surface area contributed by atoms with Gasteiger partial charge in [0.25, 0.3) is 0 Å². The summed E-state index contributed by atoms with van der Waals surface area (Å²) in [6, 6.07) is 7.86. The molecule has 0 amide bonds. The summed E-state index contributed by atoms with van der Waals surface area (Å²) in [4.78, 5) is 19.4. The number of hydrogen-bond acceptors (Lipinski definition) is 6. The molecule has 2 aliphatic rings. The van der Waals surface area contributed by atoms with Crippen molar-refractivity contribution >= 4 is 33.7 Å². The number of pyridine rings is 1. The average molecular weight is 433 g/mol. The van der Waals surface area contributed by atoms with Gasteiger partial charge in [0.1, 0.15) is 11.3 Å². The Morgan fingerprint density at radius 3 is 2.68 bits per heavy atom. The number of aryl methyl sites for hydroxylation is 3. The number of rotatable bonds is 3.